The highest BCUT2D eigenvalue weighted by molar-refractivity contribution is 5.85. The van der Waals surface area contributed by atoms with E-state index in [-0.39, 0.29) is 41.9 Å². The molecule has 172 valence electrons. The molecule has 0 aromatic carbocycles. The fraction of sp³-hybridized carbons (Fsp3) is 0.840. The first-order chi connectivity index (χ1) is 14.6. The van der Waals surface area contributed by atoms with Crippen molar-refractivity contribution < 1.29 is 29.3 Å². The van der Waals surface area contributed by atoms with E-state index < -0.39 is 17.1 Å². The Morgan fingerprint density at radius 3 is 2.61 bits per heavy atom. The van der Waals surface area contributed by atoms with E-state index in [1.807, 2.05) is 0 Å². The zero-order valence-electron chi connectivity index (χ0n) is 18.9. The van der Waals surface area contributed by atoms with Crippen LogP contribution in [0.3, 0.4) is 0 Å². The van der Waals surface area contributed by atoms with Crippen molar-refractivity contribution in [3.63, 3.8) is 0 Å². The molecule has 4 fully saturated rings. The first-order valence-corrected chi connectivity index (χ1v) is 12.0. The molecule has 0 aromatic rings. The quantitative estimate of drug-likeness (QED) is 0.651. The van der Waals surface area contributed by atoms with Crippen LogP contribution in [0.5, 0.6) is 0 Å². The number of carbonyl (C=O) groups is 2. The fourth-order valence-electron chi connectivity index (χ4n) is 8.76. The van der Waals surface area contributed by atoms with E-state index in [4.69, 9.17) is 9.47 Å². The van der Waals surface area contributed by atoms with E-state index in [1.54, 1.807) is 6.08 Å². The maximum absolute atomic E-state index is 12.4. The van der Waals surface area contributed by atoms with Gasteiger partial charge in [0.2, 0.25) is 0 Å². The molecule has 5 aliphatic rings. The average Bonchev–Trinajstić information content (AvgIpc) is 3.19. The Labute approximate surface area is 184 Å². The second-order valence-corrected chi connectivity index (χ2v) is 11.5. The number of rotatable bonds is 2. The maximum atomic E-state index is 12.4. The number of aliphatic hydroxyl groups is 2. The second kappa shape index (κ2) is 7.05. The minimum Gasteiger partial charge on any atom is -0.462 e. The molecule has 0 amide bonds. The van der Waals surface area contributed by atoms with Crippen LogP contribution in [-0.4, -0.2) is 46.6 Å². The number of fused-ring (bicyclic) bond motifs is 5. The number of hydrogen-bond donors (Lipinski definition) is 2. The van der Waals surface area contributed by atoms with Crippen LogP contribution in [0.1, 0.15) is 72.1 Å². The highest BCUT2D eigenvalue weighted by Gasteiger charge is 2.70. The Morgan fingerprint density at radius 1 is 1.16 bits per heavy atom. The van der Waals surface area contributed by atoms with Gasteiger partial charge in [0.05, 0.1) is 11.7 Å². The van der Waals surface area contributed by atoms with Crippen molar-refractivity contribution >= 4 is 11.9 Å². The highest BCUT2D eigenvalue weighted by Crippen LogP contribution is 2.70. The third kappa shape index (κ3) is 2.97. The Morgan fingerprint density at radius 2 is 1.94 bits per heavy atom. The standard InChI is InChI=1S/C25H36O6/c1-14(26)31-20-12-25(29)19-5-4-16-11-17(27)6-8-23(16,2)18(19)7-9-24(25,3)22(20)15-10-21(28)30-13-15/h10,16-20,22,27,29H,4-9,11-13H2,1-3H3/t16-,17?,18-,19+,20?,22?,23-,24+,25+/m0/s1. The summed E-state index contributed by atoms with van der Waals surface area (Å²) in [4.78, 5) is 23.8. The second-order valence-electron chi connectivity index (χ2n) is 11.5. The summed E-state index contributed by atoms with van der Waals surface area (Å²) >= 11 is 0. The van der Waals surface area contributed by atoms with Gasteiger partial charge in [-0.25, -0.2) is 4.79 Å². The van der Waals surface area contributed by atoms with Crippen molar-refractivity contribution in [2.45, 2.75) is 89.9 Å². The number of aliphatic hydroxyl groups excluding tert-OH is 1. The van der Waals surface area contributed by atoms with Gasteiger partial charge in [0.15, 0.2) is 0 Å². The summed E-state index contributed by atoms with van der Waals surface area (Å²) in [5.74, 6) is 0.162. The first-order valence-electron chi connectivity index (χ1n) is 12.0. The SMILES string of the molecule is CC(=O)OC1C[C@@]2(O)[C@@H]3CC[C@H]4CC(O)CC[C@]4(C)[C@H]3CC[C@]2(C)C1C1=CC(=O)OC1. The fourth-order valence-corrected chi connectivity index (χ4v) is 8.76. The van der Waals surface area contributed by atoms with Gasteiger partial charge >= 0.3 is 11.9 Å². The van der Waals surface area contributed by atoms with E-state index in [0.29, 0.717) is 18.3 Å². The summed E-state index contributed by atoms with van der Waals surface area (Å²) in [5.41, 5.74) is -0.420. The summed E-state index contributed by atoms with van der Waals surface area (Å²) < 4.78 is 11.0. The molecule has 6 heteroatoms. The molecular weight excluding hydrogens is 396 g/mol. The summed E-state index contributed by atoms with van der Waals surface area (Å²) in [6.07, 6.45) is 7.90. The molecule has 4 aliphatic carbocycles. The van der Waals surface area contributed by atoms with Gasteiger partial charge in [-0.3, -0.25) is 4.79 Å². The topological polar surface area (TPSA) is 93.1 Å². The Balaban J connectivity index is 1.52. The van der Waals surface area contributed by atoms with Gasteiger partial charge in [0.1, 0.15) is 12.7 Å². The summed E-state index contributed by atoms with van der Waals surface area (Å²) in [6, 6.07) is 0. The van der Waals surface area contributed by atoms with E-state index in [2.05, 4.69) is 13.8 Å². The lowest BCUT2D eigenvalue weighted by Crippen LogP contribution is -2.62. The summed E-state index contributed by atoms with van der Waals surface area (Å²) in [7, 11) is 0. The van der Waals surface area contributed by atoms with Crippen LogP contribution in [-0.2, 0) is 19.1 Å². The zero-order valence-corrected chi connectivity index (χ0v) is 18.9. The Bertz CT molecular complexity index is 821. The van der Waals surface area contributed by atoms with Crippen molar-refractivity contribution in [3.8, 4) is 0 Å². The number of esters is 2. The molecule has 31 heavy (non-hydrogen) atoms. The predicted molar refractivity (Wildman–Crippen MR) is 113 cm³/mol. The highest BCUT2D eigenvalue weighted by atomic mass is 16.5. The van der Waals surface area contributed by atoms with Gasteiger partial charge in [-0.2, -0.15) is 0 Å². The van der Waals surface area contributed by atoms with Crippen molar-refractivity contribution in [2.75, 3.05) is 6.61 Å². The van der Waals surface area contributed by atoms with Crippen LogP contribution in [0.2, 0.25) is 0 Å². The van der Waals surface area contributed by atoms with Gasteiger partial charge in [-0.1, -0.05) is 13.8 Å². The number of cyclic esters (lactones) is 1. The number of carbonyl (C=O) groups excluding carboxylic acids is 2. The van der Waals surface area contributed by atoms with Crippen LogP contribution < -0.4 is 0 Å². The van der Waals surface area contributed by atoms with Gasteiger partial charge in [0, 0.05) is 30.8 Å². The third-order valence-corrected chi connectivity index (χ3v) is 10.2. The zero-order chi connectivity index (χ0) is 22.2. The van der Waals surface area contributed by atoms with Crippen LogP contribution in [0.25, 0.3) is 0 Å². The molecule has 1 heterocycles. The largest absolute Gasteiger partial charge is 0.462 e. The smallest absolute Gasteiger partial charge is 0.331 e. The summed E-state index contributed by atoms with van der Waals surface area (Å²) in [6.45, 7) is 6.16. The van der Waals surface area contributed by atoms with Crippen molar-refractivity contribution in [1.29, 1.82) is 0 Å². The molecule has 0 aromatic heterocycles. The van der Waals surface area contributed by atoms with Gasteiger partial charge in [0.25, 0.3) is 0 Å². The lowest BCUT2D eigenvalue weighted by atomic mass is 9.43. The van der Waals surface area contributed by atoms with E-state index in [0.717, 1.165) is 50.5 Å². The number of ether oxygens (including phenoxy) is 2. The van der Waals surface area contributed by atoms with Gasteiger partial charge in [-0.15, -0.1) is 0 Å². The van der Waals surface area contributed by atoms with Crippen LogP contribution >= 0.6 is 0 Å². The molecule has 0 radical (unpaired) electrons. The molecule has 1 aliphatic heterocycles. The van der Waals surface area contributed by atoms with Gasteiger partial charge < -0.3 is 19.7 Å². The van der Waals surface area contributed by atoms with Crippen LogP contribution in [0, 0.1) is 34.5 Å². The molecule has 0 bridgehead atoms. The predicted octanol–water partition coefficient (Wildman–Crippen LogP) is 3.15. The molecule has 0 spiro atoms. The van der Waals surface area contributed by atoms with Crippen molar-refractivity contribution in [2.24, 2.45) is 34.5 Å². The molecular formula is C25H36O6. The van der Waals surface area contributed by atoms with Gasteiger partial charge in [-0.05, 0) is 73.7 Å². The Hall–Kier alpha value is -1.40. The average molecular weight is 433 g/mol. The van der Waals surface area contributed by atoms with Crippen LogP contribution in [0.4, 0.5) is 0 Å². The minimum absolute atomic E-state index is 0.139. The molecule has 6 nitrogen and oxygen atoms in total. The molecule has 0 saturated heterocycles. The first kappa shape index (κ1) is 21.4. The number of hydrogen-bond acceptors (Lipinski definition) is 6. The molecule has 9 atom stereocenters. The molecule has 4 saturated carbocycles. The lowest BCUT2D eigenvalue weighted by molar-refractivity contribution is -0.208. The molecule has 3 unspecified atom stereocenters. The van der Waals surface area contributed by atoms with Crippen molar-refractivity contribution in [1.82, 2.24) is 0 Å². The summed E-state index contributed by atoms with van der Waals surface area (Å²) in [5, 5.41) is 22.7. The Kier molecular flexibility index (Phi) is 4.88. The minimum atomic E-state index is -0.947. The van der Waals surface area contributed by atoms with Crippen LogP contribution in [0.15, 0.2) is 11.6 Å². The van der Waals surface area contributed by atoms with Crippen molar-refractivity contribution in [3.05, 3.63) is 11.6 Å². The third-order valence-electron chi connectivity index (χ3n) is 10.2. The molecule has 5 rings (SSSR count). The monoisotopic (exact) mass is 432 g/mol. The molecule has 2 N–H and O–H groups in total. The normalized spacial score (nSPS) is 51.3. The lowest BCUT2D eigenvalue weighted by Gasteiger charge is -2.63. The van der Waals surface area contributed by atoms with E-state index >= 15 is 0 Å². The maximum Gasteiger partial charge on any atom is 0.331 e. The van der Waals surface area contributed by atoms with E-state index in [1.165, 1.54) is 6.92 Å². The van der Waals surface area contributed by atoms with E-state index in [9.17, 15) is 19.8 Å².